The molecule has 0 aromatic carbocycles. The molecule has 15 heavy (non-hydrogen) atoms. The molecule has 2 heterocycles. The predicted octanol–water partition coefficient (Wildman–Crippen LogP) is 1.71. The summed E-state index contributed by atoms with van der Waals surface area (Å²) in [6.45, 7) is 5.19. The lowest BCUT2D eigenvalue weighted by molar-refractivity contribution is 0.763. The number of nitrogens with one attached hydrogen (secondary N) is 1. The number of fused-ring (bicyclic) bond motifs is 1. The minimum atomic E-state index is 0.989. The zero-order chi connectivity index (χ0) is 10.8. The molecule has 0 atom stereocenters. The van der Waals surface area contributed by atoms with Crippen LogP contribution in [0.15, 0.2) is 18.2 Å². The van der Waals surface area contributed by atoms with E-state index in [1.807, 2.05) is 7.05 Å². The molecule has 0 aliphatic carbocycles. The van der Waals surface area contributed by atoms with E-state index in [1.165, 1.54) is 11.4 Å². The molecule has 2 aromatic heterocycles. The van der Waals surface area contributed by atoms with E-state index in [2.05, 4.69) is 46.7 Å². The van der Waals surface area contributed by atoms with Crippen LogP contribution in [0.25, 0.3) is 5.65 Å². The number of imidazole rings is 1. The molecule has 0 aliphatic heterocycles. The third kappa shape index (κ3) is 1.75. The first-order chi connectivity index (χ1) is 7.24. The standard InChI is InChI=1S/C12H17N3/c1-9-5-4-6-12-14-10(2)11(15(9)12)7-8-13-3/h4-6,13H,7-8H2,1-3H3. The molecule has 0 saturated heterocycles. The average Bonchev–Trinajstić information content (AvgIpc) is 2.53. The molecule has 2 rings (SSSR count). The first kappa shape index (κ1) is 10.2. The van der Waals surface area contributed by atoms with Gasteiger partial charge in [0.2, 0.25) is 0 Å². The molecule has 0 radical (unpaired) electrons. The van der Waals surface area contributed by atoms with E-state index in [9.17, 15) is 0 Å². The Kier molecular flexibility index (Phi) is 2.73. The molecule has 0 bridgehead atoms. The van der Waals surface area contributed by atoms with Crippen molar-refractivity contribution in [1.29, 1.82) is 0 Å². The molecule has 0 amide bonds. The fraction of sp³-hybridized carbons (Fsp3) is 0.417. The maximum atomic E-state index is 4.56. The van der Waals surface area contributed by atoms with Gasteiger partial charge in [-0.15, -0.1) is 0 Å². The Morgan fingerprint density at radius 3 is 2.87 bits per heavy atom. The van der Waals surface area contributed by atoms with E-state index in [0.29, 0.717) is 0 Å². The molecule has 0 unspecified atom stereocenters. The average molecular weight is 203 g/mol. The van der Waals surface area contributed by atoms with Crippen molar-refractivity contribution in [1.82, 2.24) is 14.7 Å². The van der Waals surface area contributed by atoms with Crippen molar-refractivity contribution in [2.45, 2.75) is 20.3 Å². The Hall–Kier alpha value is -1.35. The first-order valence-corrected chi connectivity index (χ1v) is 5.32. The second-order valence-corrected chi connectivity index (χ2v) is 3.86. The number of nitrogens with zero attached hydrogens (tertiary/aromatic N) is 2. The molecule has 0 saturated carbocycles. The summed E-state index contributed by atoms with van der Waals surface area (Å²) in [4.78, 5) is 4.56. The summed E-state index contributed by atoms with van der Waals surface area (Å²) < 4.78 is 2.24. The molecule has 80 valence electrons. The highest BCUT2D eigenvalue weighted by atomic mass is 15.0. The lowest BCUT2D eigenvalue weighted by atomic mass is 10.2. The Morgan fingerprint density at radius 1 is 1.33 bits per heavy atom. The van der Waals surface area contributed by atoms with Crippen LogP contribution in [0, 0.1) is 13.8 Å². The van der Waals surface area contributed by atoms with Gasteiger partial charge >= 0.3 is 0 Å². The lowest BCUT2D eigenvalue weighted by Crippen LogP contribution is -2.12. The number of likely N-dealkylation sites (N-methyl/N-ethyl adjacent to an activating group) is 1. The van der Waals surface area contributed by atoms with Crippen molar-refractivity contribution in [2.75, 3.05) is 13.6 Å². The summed E-state index contributed by atoms with van der Waals surface area (Å²) in [6.07, 6.45) is 1.02. The lowest BCUT2D eigenvalue weighted by Gasteiger charge is -2.05. The summed E-state index contributed by atoms with van der Waals surface area (Å²) in [6, 6.07) is 6.23. The third-order valence-corrected chi connectivity index (χ3v) is 2.75. The SMILES string of the molecule is CNCCc1c(C)nc2cccc(C)n12. The van der Waals surface area contributed by atoms with Crippen LogP contribution in [0.1, 0.15) is 17.1 Å². The van der Waals surface area contributed by atoms with Gasteiger partial charge in [0.25, 0.3) is 0 Å². The van der Waals surface area contributed by atoms with Crippen LogP contribution < -0.4 is 5.32 Å². The van der Waals surface area contributed by atoms with Crippen LogP contribution in [0.4, 0.5) is 0 Å². The molecule has 3 nitrogen and oxygen atoms in total. The second-order valence-electron chi connectivity index (χ2n) is 3.86. The van der Waals surface area contributed by atoms with Gasteiger partial charge in [-0.2, -0.15) is 0 Å². The van der Waals surface area contributed by atoms with Crippen molar-refractivity contribution >= 4 is 5.65 Å². The predicted molar refractivity (Wildman–Crippen MR) is 62.3 cm³/mol. The number of pyridine rings is 1. The van der Waals surface area contributed by atoms with Crippen LogP contribution >= 0.6 is 0 Å². The summed E-state index contributed by atoms with van der Waals surface area (Å²) in [5, 5.41) is 3.18. The molecule has 3 heteroatoms. The Labute approximate surface area is 90.1 Å². The zero-order valence-electron chi connectivity index (χ0n) is 9.54. The van der Waals surface area contributed by atoms with Crippen molar-refractivity contribution in [3.05, 3.63) is 35.3 Å². The largest absolute Gasteiger partial charge is 0.319 e. The van der Waals surface area contributed by atoms with Crippen molar-refractivity contribution < 1.29 is 0 Å². The minimum absolute atomic E-state index is 0.989. The van der Waals surface area contributed by atoms with Crippen molar-refractivity contribution in [3.63, 3.8) is 0 Å². The summed E-state index contributed by atoms with van der Waals surface area (Å²) in [5.41, 5.74) is 4.76. The fourth-order valence-corrected chi connectivity index (χ4v) is 1.98. The van der Waals surface area contributed by atoms with E-state index in [4.69, 9.17) is 0 Å². The Bertz CT molecular complexity index is 471. The van der Waals surface area contributed by atoms with Gasteiger partial charge in [0.05, 0.1) is 5.69 Å². The van der Waals surface area contributed by atoms with Crippen LogP contribution in [0.5, 0.6) is 0 Å². The Morgan fingerprint density at radius 2 is 2.13 bits per heavy atom. The van der Waals surface area contributed by atoms with Crippen molar-refractivity contribution in [3.8, 4) is 0 Å². The van der Waals surface area contributed by atoms with Gasteiger partial charge in [-0.3, -0.25) is 0 Å². The number of hydrogen-bond acceptors (Lipinski definition) is 2. The van der Waals surface area contributed by atoms with Gasteiger partial charge in [-0.1, -0.05) is 6.07 Å². The minimum Gasteiger partial charge on any atom is -0.319 e. The van der Waals surface area contributed by atoms with Crippen LogP contribution in [0.2, 0.25) is 0 Å². The molecular formula is C12H17N3. The van der Waals surface area contributed by atoms with Gasteiger partial charge in [0.1, 0.15) is 5.65 Å². The van der Waals surface area contributed by atoms with Crippen LogP contribution in [0.3, 0.4) is 0 Å². The van der Waals surface area contributed by atoms with E-state index in [1.54, 1.807) is 0 Å². The summed E-state index contributed by atoms with van der Waals surface area (Å²) >= 11 is 0. The maximum Gasteiger partial charge on any atom is 0.137 e. The van der Waals surface area contributed by atoms with E-state index in [0.717, 1.165) is 24.3 Å². The fourth-order valence-electron chi connectivity index (χ4n) is 1.98. The molecule has 0 fully saturated rings. The Balaban J connectivity index is 2.55. The van der Waals surface area contributed by atoms with Gasteiger partial charge < -0.3 is 9.72 Å². The highest BCUT2D eigenvalue weighted by Gasteiger charge is 2.08. The molecule has 2 aromatic rings. The third-order valence-electron chi connectivity index (χ3n) is 2.75. The quantitative estimate of drug-likeness (QED) is 0.823. The van der Waals surface area contributed by atoms with Crippen LogP contribution in [-0.2, 0) is 6.42 Å². The van der Waals surface area contributed by atoms with Gasteiger partial charge in [-0.25, -0.2) is 4.98 Å². The highest BCUT2D eigenvalue weighted by molar-refractivity contribution is 5.44. The van der Waals surface area contributed by atoms with Crippen molar-refractivity contribution in [2.24, 2.45) is 0 Å². The first-order valence-electron chi connectivity index (χ1n) is 5.32. The van der Waals surface area contributed by atoms with Gasteiger partial charge in [-0.05, 0) is 33.0 Å². The summed E-state index contributed by atoms with van der Waals surface area (Å²) in [7, 11) is 1.98. The monoisotopic (exact) mass is 203 g/mol. The normalized spacial score (nSPS) is 11.1. The van der Waals surface area contributed by atoms with Crippen LogP contribution in [-0.4, -0.2) is 23.0 Å². The van der Waals surface area contributed by atoms with E-state index < -0.39 is 0 Å². The van der Waals surface area contributed by atoms with E-state index >= 15 is 0 Å². The number of rotatable bonds is 3. The van der Waals surface area contributed by atoms with Gasteiger partial charge in [0.15, 0.2) is 0 Å². The number of aryl methyl sites for hydroxylation is 2. The zero-order valence-corrected chi connectivity index (χ0v) is 9.54. The number of aromatic nitrogens is 2. The summed E-state index contributed by atoms with van der Waals surface area (Å²) in [5.74, 6) is 0. The maximum absolute atomic E-state index is 4.56. The molecule has 0 spiro atoms. The molecule has 0 aliphatic rings. The van der Waals surface area contributed by atoms with E-state index in [-0.39, 0.29) is 0 Å². The molecule has 1 N–H and O–H groups in total. The highest BCUT2D eigenvalue weighted by Crippen LogP contribution is 2.14. The molecular weight excluding hydrogens is 186 g/mol. The smallest absolute Gasteiger partial charge is 0.137 e. The second kappa shape index (κ2) is 4.03. The topological polar surface area (TPSA) is 29.3 Å². The number of hydrogen-bond donors (Lipinski definition) is 1. The van der Waals surface area contributed by atoms with Gasteiger partial charge in [0, 0.05) is 24.4 Å².